The molecule has 29 heavy (non-hydrogen) atoms. The fourth-order valence-corrected chi connectivity index (χ4v) is 3.79. The van der Waals surface area contributed by atoms with E-state index in [1.54, 1.807) is 6.20 Å². The van der Waals surface area contributed by atoms with Crippen molar-refractivity contribution in [3.8, 4) is 0 Å². The Hall–Kier alpha value is -2.16. The molecule has 2 rings (SSSR count). The van der Waals surface area contributed by atoms with Crippen molar-refractivity contribution in [2.45, 2.75) is 84.1 Å². The molecule has 0 spiro atoms. The van der Waals surface area contributed by atoms with Crippen molar-refractivity contribution in [3.05, 3.63) is 66.0 Å². The number of pyridine rings is 1. The molecule has 1 aromatic carbocycles. The Labute approximate surface area is 177 Å². The van der Waals surface area contributed by atoms with Gasteiger partial charge in [-0.15, -0.1) is 0 Å². The van der Waals surface area contributed by atoms with Gasteiger partial charge in [0.15, 0.2) is 0 Å². The lowest BCUT2D eigenvalue weighted by Crippen LogP contribution is -2.34. The molecule has 0 radical (unpaired) electrons. The van der Waals surface area contributed by atoms with Gasteiger partial charge in [0.25, 0.3) is 0 Å². The van der Waals surface area contributed by atoms with Gasteiger partial charge in [0.2, 0.25) is 5.91 Å². The Morgan fingerprint density at radius 2 is 1.55 bits per heavy atom. The minimum Gasteiger partial charge on any atom is -0.348 e. The average molecular weight is 395 g/mol. The van der Waals surface area contributed by atoms with Crippen molar-refractivity contribution in [1.29, 1.82) is 0 Å². The first-order chi connectivity index (χ1) is 14.2. The number of rotatable bonds is 14. The van der Waals surface area contributed by atoms with E-state index in [4.69, 9.17) is 0 Å². The summed E-state index contributed by atoms with van der Waals surface area (Å²) in [4.78, 5) is 17.4. The number of hydrogen-bond donors (Lipinski definition) is 1. The largest absolute Gasteiger partial charge is 0.348 e. The highest BCUT2D eigenvalue weighted by atomic mass is 16.1. The Morgan fingerprint density at radius 3 is 2.21 bits per heavy atom. The van der Waals surface area contributed by atoms with Gasteiger partial charge < -0.3 is 5.32 Å². The summed E-state index contributed by atoms with van der Waals surface area (Å²) in [6.45, 7) is 4.27. The van der Waals surface area contributed by atoms with Crippen molar-refractivity contribution in [3.63, 3.8) is 0 Å². The highest BCUT2D eigenvalue weighted by molar-refractivity contribution is 5.79. The molecule has 0 saturated heterocycles. The van der Waals surface area contributed by atoms with Gasteiger partial charge in [0.05, 0.1) is 11.7 Å². The SMILES string of the molecule is CCCCCCCCCCC(Cc1ccccc1)C(=O)NC(C)c1ccccn1. The number of carbonyl (C=O) groups excluding carboxylic acids is 1. The lowest BCUT2D eigenvalue weighted by molar-refractivity contribution is -0.125. The van der Waals surface area contributed by atoms with Gasteiger partial charge in [-0.3, -0.25) is 9.78 Å². The fourth-order valence-electron chi connectivity index (χ4n) is 3.79. The molecule has 158 valence electrons. The predicted octanol–water partition coefficient (Wildman–Crippen LogP) is 6.65. The van der Waals surface area contributed by atoms with Gasteiger partial charge in [-0.05, 0) is 37.5 Å². The fraction of sp³-hybridized carbons (Fsp3) is 0.538. The summed E-state index contributed by atoms with van der Waals surface area (Å²) in [5, 5.41) is 3.19. The van der Waals surface area contributed by atoms with E-state index in [0.29, 0.717) is 0 Å². The molecule has 1 aromatic heterocycles. The predicted molar refractivity (Wildman–Crippen MR) is 122 cm³/mol. The summed E-state index contributed by atoms with van der Waals surface area (Å²) in [5.74, 6) is 0.165. The highest BCUT2D eigenvalue weighted by Gasteiger charge is 2.21. The monoisotopic (exact) mass is 394 g/mol. The molecule has 0 aliphatic heterocycles. The van der Waals surface area contributed by atoms with Crippen LogP contribution < -0.4 is 5.32 Å². The third-order valence-corrected chi connectivity index (χ3v) is 5.59. The number of hydrogen-bond acceptors (Lipinski definition) is 2. The normalized spacial score (nSPS) is 13.0. The van der Waals surface area contributed by atoms with Gasteiger partial charge in [0.1, 0.15) is 0 Å². The zero-order valence-electron chi connectivity index (χ0n) is 18.3. The third-order valence-electron chi connectivity index (χ3n) is 5.59. The lowest BCUT2D eigenvalue weighted by atomic mass is 9.92. The van der Waals surface area contributed by atoms with E-state index < -0.39 is 0 Å². The van der Waals surface area contributed by atoms with Crippen LogP contribution in [0.5, 0.6) is 0 Å². The van der Waals surface area contributed by atoms with Crippen molar-refractivity contribution < 1.29 is 4.79 Å². The molecule has 0 aliphatic carbocycles. The number of nitrogens with zero attached hydrogens (tertiary/aromatic N) is 1. The van der Waals surface area contributed by atoms with Crippen LogP contribution in [0.4, 0.5) is 0 Å². The molecule has 2 aromatic rings. The van der Waals surface area contributed by atoms with Crippen LogP contribution in [0.25, 0.3) is 0 Å². The van der Waals surface area contributed by atoms with Crippen molar-refractivity contribution in [2.75, 3.05) is 0 Å². The first kappa shape index (κ1) is 23.1. The third kappa shape index (κ3) is 9.25. The van der Waals surface area contributed by atoms with Crippen LogP contribution in [0.2, 0.25) is 0 Å². The van der Waals surface area contributed by atoms with E-state index in [2.05, 4.69) is 41.5 Å². The second kappa shape index (κ2) is 13.9. The maximum atomic E-state index is 13.0. The van der Waals surface area contributed by atoms with E-state index in [1.165, 1.54) is 50.5 Å². The molecule has 1 N–H and O–H groups in total. The highest BCUT2D eigenvalue weighted by Crippen LogP contribution is 2.19. The summed E-state index contributed by atoms with van der Waals surface area (Å²) in [6.07, 6.45) is 13.9. The van der Waals surface area contributed by atoms with Gasteiger partial charge >= 0.3 is 0 Å². The minimum atomic E-state index is -0.0689. The Morgan fingerprint density at radius 1 is 0.897 bits per heavy atom. The van der Waals surface area contributed by atoms with Gasteiger partial charge in [0, 0.05) is 12.1 Å². The number of aromatic nitrogens is 1. The van der Waals surface area contributed by atoms with Crippen LogP contribution >= 0.6 is 0 Å². The first-order valence-corrected chi connectivity index (χ1v) is 11.5. The van der Waals surface area contributed by atoms with Gasteiger partial charge in [-0.1, -0.05) is 94.7 Å². The number of unbranched alkanes of at least 4 members (excludes halogenated alkanes) is 7. The van der Waals surface area contributed by atoms with Crippen LogP contribution in [-0.2, 0) is 11.2 Å². The summed E-state index contributed by atoms with van der Waals surface area (Å²) < 4.78 is 0. The smallest absolute Gasteiger partial charge is 0.223 e. The maximum Gasteiger partial charge on any atom is 0.223 e. The van der Waals surface area contributed by atoms with Crippen LogP contribution in [0.15, 0.2) is 54.7 Å². The van der Waals surface area contributed by atoms with Gasteiger partial charge in [-0.25, -0.2) is 0 Å². The molecule has 3 nitrogen and oxygen atoms in total. The molecule has 3 heteroatoms. The maximum absolute atomic E-state index is 13.0. The lowest BCUT2D eigenvalue weighted by Gasteiger charge is -2.20. The van der Waals surface area contributed by atoms with E-state index >= 15 is 0 Å². The van der Waals surface area contributed by atoms with Crippen LogP contribution in [0.3, 0.4) is 0 Å². The second-order valence-corrected chi connectivity index (χ2v) is 8.14. The molecule has 1 amide bonds. The molecular weight excluding hydrogens is 356 g/mol. The summed E-state index contributed by atoms with van der Waals surface area (Å²) in [5.41, 5.74) is 2.14. The van der Waals surface area contributed by atoms with E-state index in [-0.39, 0.29) is 17.9 Å². The molecule has 0 saturated carbocycles. The van der Waals surface area contributed by atoms with E-state index in [0.717, 1.165) is 25.0 Å². The number of amides is 1. The average Bonchev–Trinajstić information content (AvgIpc) is 2.76. The van der Waals surface area contributed by atoms with Crippen molar-refractivity contribution in [1.82, 2.24) is 10.3 Å². The quantitative estimate of drug-likeness (QED) is 0.365. The topological polar surface area (TPSA) is 42.0 Å². The zero-order chi connectivity index (χ0) is 20.7. The Kier molecular flexibility index (Phi) is 11.1. The number of carbonyl (C=O) groups is 1. The van der Waals surface area contributed by atoms with Crippen molar-refractivity contribution >= 4 is 5.91 Å². The molecule has 1 heterocycles. The van der Waals surface area contributed by atoms with Crippen LogP contribution in [-0.4, -0.2) is 10.9 Å². The van der Waals surface area contributed by atoms with Crippen molar-refractivity contribution in [2.24, 2.45) is 5.92 Å². The summed E-state index contributed by atoms with van der Waals surface area (Å²) in [7, 11) is 0. The molecular formula is C26H38N2O. The summed E-state index contributed by atoms with van der Waals surface area (Å²) in [6, 6.07) is 16.1. The first-order valence-electron chi connectivity index (χ1n) is 11.5. The minimum absolute atomic E-state index is 0.0173. The zero-order valence-corrected chi connectivity index (χ0v) is 18.3. The summed E-state index contributed by atoms with van der Waals surface area (Å²) >= 11 is 0. The van der Waals surface area contributed by atoms with Gasteiger partial charge in [-0.2, -0.15) is 0 Å². The van der Waals surface area contributed by atoms with Crippen LogP contribution in [0.1, 0.15) is 88.9 Å². The van der Waals surface area contributed by atoms with E-state index in [9.17, 15) is 4.79 Å². The second-order valence-electron chi connectivity index (χ2n) is 8.14. The number of benzene rings is 1. The molecule has 2 atom stereocenters. The molecule has 0 bridgehead atoms. The molecule has 2 unspecified atom stereocenters. The molecule has 0 fully saturated rings. The van der Waals surface area contributed by atoms with Crippen LogP contribution in [0, 0.1) is 5.92 Å². The van der Waals surface area contributed by atoms with E-state index in [1.807, 2.05) is 31.2 Å². The molecule has 0 aliphatic rings. The Balaban J connectivity index is 1.84. The Bertz CT molecular complexity index is 672. The standard InChI is InChI=1S/C26H38N2O/c1-3-4-5-6-7-8-9-13-18-24(21-23-16-11-10-12-17-23)26(29)28-22(2)25-19-14-15-20-27-25/h10-12,14-17,19-20,22,24H,3-9,13,18,21H2,1-2H3,(H,28,29). The number of nitrogens with one attached hydrogen (secondary N) is 1.